The highest BCUT2D eigenvalue weighted by molar-refractivity contribution is 4.90. The van der Waals surface area contributed by atoms with Crippen LogP contribution in [0, 0.1) is 11.3 Å². The summed E-state index contributed by atoms with van der Waals surface area (Å²) < 4.78 is 0. The molecular formula is C16H31N3. The maximum Gasteiger partial charge on any atom is 0.00106 e. The van der Waals surface area contributed by atoms with Crippen LogP contribution in [0.25, 0.3) is 0 Å². The van der Waals surface area contributed by atoms with Crippen LogP contribution < -0.4 is 5.32 Å². The second-order valence-electron chi connectivity index (χ2n) is 7.30. The van der Waals surface area contributed by atoms with Gasteiger partial charge in [-0.25, -0.2) is 0 Å². The lowest BCUT2D eigenvalue weighted by Gasteiger charge is -2.47. The van der Waals surface area contributed by atoms with Crippen molar-refractivity contribution in [2.75, 3.05) is 52.9 Å². The highest BCUT2D eigenvalue weighted by Crippen LogP contribution is 2.41. The Hall–Kier alpha value is -0.120. The van der Waals surface area contributed by atoms with Crippen molar-refractivity contribution in [2.24, 2.45) is 11.3 Å². The Morgan fingerprint density at radius 1 is 0.947 bits per heavy atom. The fourth-order valence-corrected chi connectivity index (χ4v) is 4.23. The van der Waals surface area contributed by atoms with E-state index in [2.05, 4.69) is 22.2 Å². The van der Waals surface area contributed by atoms with Gasteiger partial charge < -0.3 is 15.1 Å². The minimum Gasteiger partial charge on any atom is -0.317 e. The monoisotopic (exact) mass is 265 g/mol. The van der Waals surface area contributed by atoms with Crippen LogP contribution in [-0.2, 0) is 0 Å². The van der Waals surface area contributed by atoms with Gasteiger partial charge in [0.1, 0.15) is 0 Å². The highest BCUT2D eigenvalue weighted by atomic mass is 15.1. The van der Waals surface area contributed by atoms with E-state index >= 15 is 0 Å². The van der Waals surface area contributed by atoms with Crippen molar-refractivity contribution in [3.8, 4) is 0 Å². The SMILES string of the molecule is CN1CCC2(CC1)CCN(CC1CCNCC1)CC2. The number of hydrogen-bond acceptors (Lipinski definition) is 3. The molecule has 3 aliphatic rings. The zero-order valence-electron chi connectivity index (χ0n) is 12.7. The molecule has 1 spiro atoms. The Morgan fingerprint density at radius 3 is 2.16 bits per heavy atom. The number of piperidine rings is 3. The molecule has 3 saturated heterocycles. The molecule has 3 rings (SSSR count). The Bertz CT molecular complexity index is 268. The average Bonchev–Trinajstić information content (AvgIpc) is 2.46. The van der Waals surface area contributed by atoms with Gasteiger partial charge in [-0.1, -0.05) is 0 Å². The summed E-state index contributed by atoms with van der Waals surface area (Å²) in [4.78, 5) is 5.27. The van der Waals surface area contributed by atoms with E-state index in [-0.39, 0.29) is 0 Å². The molecule has 3 nitrogen and oxygen atoms in total. The molecule has 0 unspecified atom stereocenters. The summed E-state index contributed by atoms with van der Waals surface area (Å²) in [7, 11) is 2.28. The van der Waals surface area contributed by atoms with Crippen molar-refractivity contribution in [1.29, 1.82) is 0 Å². The molecule has 0 bridgehead atoms. The summed E-state index contributed by atoms with van der Waals surface area (Å²) in [5.74, 6) is 0.966. The number of hydrogen-bond donors (Lipinski definition) is 1. The van der Waals surface area contributed by atoms with E-state index in [0.29, 0.717) is 0 Å². The van der Waals surface area contributed by atoms with E-state index in [4.69, 9.17) is 0 Å². The Labute approximate surface area is 118 Å². The molecule has 0 aliphatic carbocycles. The van der Waals surface area contributed by atoms with Crippen molar-refractivity contribution >= 4 is 0 Å². The third-order valence-electron chi connectivity index (χ3n) is 5.94. The zero-order valence-corrected chi connectivity index (χ0v) is 12.7. The summed E-state index contributed by atoms with van der Waals surface area (Å²) in [5, 5.41) is 3.48. The lowest BCUT2D eigenvalue weighted by Crippen LogP contribution is -2.47. The van der Waals surface area contributed by atoms with Gasteiger partial charge in [0.05, 0.1) is 0 Å². The summed E-state index contributed by atoms with van der Waals surface area (Å²) >= 11 is 0. The van der Waals surface area contributed by atoms with Crippen LogP contribution in [0.3, 0.4) is 0 Å². The van der Waals surface area contributed by atoms with Gasteiger partial charge in [-0.3, -0.25) is 0 Å². The van der Waals surface area contributed by atoms with E-state index in [1.165, 1.54) is 84.3 Å². The van der Waals surface area contributed by atoms with Crippen LogP contribution in [0.4, 0.5) is 0 Å². The summed E-state index contributed by atoms with van der Waals surface area (Å²) in [5.41, 5.74) is 0.719. The minimum atomic E-state index is 0.719. The fraction of sp³-hybridized carbons (Fsp3) is 1.00. The molecule has 1 N–H and O–H groups in total. The predicted molar refractivity (Wildman–Crippen MR) is 80.4 cm³/mol. The quantitative estimate of drug-likeness (QED) is 0.821. The standard InChI is InChI=1S/C16H31N3/c1-18-10-4-16(5-11-18)6-12-19(13-7-16)14-15-2-8-17-9-3-15/h15,17H,2-14H2,1H3. The number of nitrogens with zero attached hydrogens (tertiary/aromatic N) is 2. The van der Waals surface area contributed by atoms with Crippen LogP contribution in [0.15, 0.2) is 0 Å². The first-order valence-corrected chi connectivity index (χ1v) is 8.37. The normalized spacial score (nSPS) is 30.8. The van der Waals surface area contributed by atoms with Gasteiger partial charge >= 0.3 is 0 Å². The smallest absolute Gasteiger partial charge is 0.00106 e. The second-order valence-corrected chi connectivity index (χ2v) is 7.30. The van der Waals surface area contributed by atoms with Gasteiger partial charge in [0.2, 0.25) is 0 Å². The van der Waals surface area contributed by atoms with Gasteiger partial charge in [-0.05, 0) is 96.2 Å². The molecule has 3 fully saturated rings. The van der Waals surface area contributed by atoms with Gasteiger partial charge in [-0.15, -0.1) is 0 Å². The van der Waals surface area contributed by atoms with Crippen molar-refractivity contribution in [1.82, 2.24) is 15.1 Å². The van der Waals surface area contributed by atoms with Crippen molar-refractivity contribution in [3.63, 3.8) is 0 Å². The average molecular weight is 265 g/mol. The molecule has 3 aliphatic heterocycles. The predicted octanol–water partition coefficient (Wildman–Crippen LogP) is 1.79. The number of rotatable bonds is 2. The number of likely N-dealkylation sites (tertiary alicyclic amines) is 2. The second kappa shape index (κ2) is 6.11. The molecule has 0 radical (unpaired) electrons. The van der Waals surface area contributed by atoms with Crippen LogP contribution >= 0.6 is 0 Å². The Morgan fingerprint density at radius 2 is 1.53 bits per heavy atom. The van der Waals surface area contributed by atoms with Crippen LogP contribution in [0.5, 0.6) is 0 Å². The molecule has 0 aromatic carbocycles. The molecule has 0 aromatic heterocycles. The van der Waals surface area contributed by atoms with Crippen LogP contribution in [0.1, 0.15) is 38.5 Å². The third-order valence-corrected chi connectivity index (χ3v) is 5.94. The Kier molecular flexibility index (Phi) is 4.45. The topological polar surface area (TPSA) is 18.5 Å². The maximum atomic E-state index is 3.48. The van der Waals surface area contributed by atoms with Gasteiger partial charge in [0.25, 0.3) is 0 Å². The Balaban J connectivity index is 1.44. The molecule has 0 aromatic rings. The molecule has 110 valence electrons. The van der Waals surface area contributed by atoms with E-state index in [9.17, 15) is 0 Å². The molecule has 0 atom stereocenters. The first kappa shape index (κ1) is 13.8. The van der Waals surface area contributed by atoms with Crippen LogP contribution in [-0.4, -0.2) is 62.7 Å². The van der Waals surface area contributed by atoms with Gasteiger partial charge in [-0.2, -0.15) is 0 Å². The molecule has 3 heterocycles. The summed E-state index contributed by atoms with van der Waals surface area (Å²) in [6, 6.07) is 0. The molecule has 19 heavy (non-hydrogen) atoms. The lowest BCUT2D eigenvalue weighted by atomic mass is 9.71. The van der Waals surface area contributed by atoms with Crippen molar-refractivity contribution in [3.05, 3.63) is 0 Å². The fourth-order valence-electron chi connectivity index (χ4n) is 4.23. The zero-order chi connectivity index (χ0) is 13.1. The van der Waals surface area contributed by atoms with E-state index < -0.39 is 0 Å². The molecule has 0 saturated carbocycles. The first-order valence-electron chi connectivity index (χ1n) is 8.37. The van der Waals surface area contributed by atoms with Crippen molar-refractivity contribution in [2.45, 2.75) is 38.5 Å². The van der Waals surface area contributed by atoms with Crippen LogP contribution in [0.2, 0.25) is 0 Å². The maximum absolute atomic E-state index is 3.48. The highest BCUT2D eigenvalue weighted by Gasteiger charge is 2.37. The summed E-state index contributed by atoms with van der Waals surface area (Å²) in [6.07, 6.45) is 8.62. The largest absolute Gasteiger partial charge is 0.317 e. The van der Waals surface area contributed by atoms with E-state index in [1.807, 2.05) is 0 Å². The molecular weight excluding hydrogens is 234 g/mol. The third kappa shape index (κ3) is 3.50. The summed E-state index contributed by atoms with van der Waals surface area (Å²) in [6.45, 7) is 9.26. The minimum absolute atomic E-state index is 0.719. The van der Waals surface area contributed by atoms with Crippen molar-refractivity contribution < 1.29 is 0 Å². The van der Waals surface area contributed by atoms with Gasteiger partial charge in [0, 0.05) is 6.54 Å². The first-order chi connectivity index (χ1) is 9.26. The number of nitrogens with one attached hydrogen (secondary N) is 1. The van der Waals surface area contributed by atoms with E-state index in [0.717, 1.165) is 11.3 Å². The molecule has 0 amide bonds. The van der Waals surface area contributed by atoms with Gasteiger partial charge in [0.15, 0.2) is 0 Å². The lowest BCUT2D eigenvalue weighted by molar-refractivity contribution is 0.0354. The van der Waals surface area contributed by atoms with E-state index in [1.54, 1.807) is 0 Å². The molecule has 3 heteroatoms.